The second-order valence-electron chi connectivity index (χ2n) is 7.05. The fourth-order valence-corrected chi connectivity index (χ4v) is 6.87. The topological polar surface area (TPSA) is 163 Å². The van der Waals surface area contributed by atoms with Crippen LogP contribution in [0.4, 0.5) is 10.2 Å². The van der Waals surface area contributed by atoms with Gasteiger partial charge >= 0.3 is 5.76 Å². The summed E-state index contributed by atoms with van der Waals surface area (Å²) in [5.41, 5.74) is 0.246. The molecular weight excluding hydrogens is 535 g/mol. The largest absolute Gasteiger partial charge is 0.446 e. The van der Waals surface area contributed by atoms with E-state index in [-0.39, 0.29) is 39.8 Å². The number of halogens is 2. The molecule has 172 valence electrons. The lowest BCUT2D eigenvalue weighted by Crippen LogP contribution is -2.18. The van der Waals surface area contributed by atoms with Crippen LogP contribution in [-0.4, -0.2) is 56.5 Å². The van der Waals surface area contributed by atoms with Gasteiger partial charge in [0.05, 0.1) is 25.1 Å². The fraction of sp³-hybridized carbons (Fsp3) is 0.375. The van der Waals surface area contributed by atoms with Gasteiger partial charge in [-0.05, 0) is 57.3 Å². The Morgan fingerprint density at radius 2 is 2.03 bits per heavy atom. The average molecular weight is 551 g/mol. The molecule has 1 aromatic carbocycles. The Kier molecular flexibility index (Phi) is 5.93. The second-order valence-corrected chi connectivity index (χ2v) is 12.5. The molecule has 2 aromatic heterocycles. The van der Waals surface area contributed by atoms with Crippen molar-refractivity contribution in [2.75, 3.05) is 23.9 Å². The van der Waals surface area contributed by atoms with E-state index in [1.54, 1.807) is 0 Å². The number of nitrogens with one attached hydrogen (secondary N) is 1. The van der Waals surface area contributed by atoms with Gasteiger partial charge in [0, 0.05) is 18.6 Å². The number of rotatable bonds is 8. The minimum atomic E-state index is -3.74. The summed E-state index contributed by atoms with van der Waals surface area (Å²) >= 11 is 3.05. The minimum Gasteiger partial charge on any atom is -0.364 e. The van der Waals surface area contributed by atoms with Crippen molar-refractivity contribution in [2.24, 2.45) is 3.77 Å². The first-order chi connectivity index (χ1) is 15.1. The van der Waals surface area contributed by atoms with Gasteiger partial charge in [0.2, 0.25) is 11.6 Å². The SMILES string of the molecule is CS(=O)(CCNc1nonc1-c1noc(=O)n1-c1ccc(F)c(Br)c1)=NS(=O)(=O)C1CC1. The molecule has 1 aliphatic carbocycles. The van der Waals surface area contributed by atoms with Crippen LogP contribution < -0.4 is 11.1 Å². The molecule has 0 aliphatic heterocycles. The highest BCUT2D eigenvalue weighted by atomic mass is 79.9. The van der Waals surface area contributed by atoms with E-state index in [0.717, 1.165) is 10.6 Å². The molecular formula is C16H16BrFN6O6S2. The Balaban J connectivity index is 1.56. The summed E-state index contributed by atoms with van der Waals surface area (Å²) in [5.74, 6) is -1.50. The van der Waals surface area contributed by atoms with Crippen LogP contribution in [0.1, 0.15) is 12.8 Å². The second kappa shape index (κ2) is 8.40. The van der Waals surface area contributed by atoms with E-state index in [4.69, 9.17) is 9.15 Å². The predicted octanol–water partition coefficient (Wildman–Crippen LogP) is 1.78. The molecule has 1 atom stereocenters. The fourth-order valence-electron chi connectivity index (χ4n) is 2.75. The molecule has 32 heavy (non-hydrogen) atoms. The minimum absolute atomic E-state index is 0.00133. The van der Waals surface area contributed by atoms with Gasteiger partial charge in [0.25, 0.3) is 10.0 Å². The summed E-state index contributed by atoms with van der Waals surface area (Å²) in [4.78, 5) is 12.2. The number of sulfonamides is 1. The van der Waals surface area contributed by atoms with Gasteiger partial charge in [-0.2, -0.15) is 0 Å². The molecule has 0 spiro atoms. The lowest BCUT2D eigenvalue weighted by Gasteiger charge is -2.07. The number of hydrogen-bond acceptors (Lipinski definition) is 10. The van der Waals surface area contributed by atoms with Crippen molar-refractivity contribution in [3.8, 4) is 17.2 Å². The maximum Gasteiger partial charge on any atom is 0.446 e. The number of nitrogens with zero attached hydrogens (tertiary/aromatic N) is 5. The van der Waals surface area contributed by atoms with Gasteiger partial charge in [-0.3, -0.25) is 4.52 Å². The van der Waals surface area contributed by atoms with Crippen molar-refractivity contribution >= 4 is 41.5 Å². The molecule has 3 aromatic rings. The first-order valence-electron chi connectivity index (χ1n) is 9.13. The Labute approximate surface area is 189 Å². The molecule has 1 saturated carbocycles. The van der Waals surface area contributed by atoms with Crippen molar-refractivity contribution in [3.05, 3.63) is 39.0 Å². The van der Waals surface area contributed by atoms with Crippen LogP contribution in [0, 0.1) is 5.82 Å². The Hall–Kier alpha value is -2.59. The van der Waals surface area contributed by atoms with E-state index in [1.807, 2.05) is 0 Å². The standard InChI is InChI=1S/C16H16BrFN6O6S2/c1-31(26,23-32(27,28)10-3-4-10)7-6-19-14-13(20-30-21-14)15-22-29-16(25)24(15)9-2-5-12(18)11(17)8-9/h2,5,8,10H,3-4,6-7H2,1H3,(H,19,21). The molecule has 0 saturated heterocycles. The molecule has 2 heterocycles. The Morgan fingerprint density at radius 1 is 1.28 bits per heavy atom. The average Bonchev–Trinajstić information content (AvgIpc) is 3.37. The summed E-state index contributed by atoms with van der Waals surface area (Å²) in [6, 6.07) is 3.85. The summed E-state index contributed by atoms with van der Waals surface area (Å²) in [6.07, 6.45) is 2.31. The Bertz CT molecular complexity index is 1450. The van der Waals surface area contributed by atoms with E-state index >= 15 is 0 Å². The van der Waals surface area contributed by atoms with E-state index in [0.29, 0.717) is 12.8 Å². The lowest BCUT2D eigenvalue weighted by atomic mass is 10.3. The molecule has 0 bridgehead atoms. The zero-order valence-electron chi connectivity index (χ0n) is 16.4. The van der Waals surface area contributed by atoms with Crippen molar-refractivity contribution < 1.29 is 26.2 Å². The van der Waals surface area contributed by atoms with Crippen LogP contribution >= 0.6 is 15.9 Å². The zero-order chi connectivity index (χ0) is 23.1. The molecule has 12 nitrogen and oxygen atoms in total. The number of anilines is 1. The molecule has 0 amide bonds. The predicted molar refractivity (Wildman–Crippen MR) is 115 cm³/mol. The lowest BCUT2D eigenvalue weighted by molar-refractivity contribution is 0.309. The van der Waals surface area contributed by atoms with E-state index < -0.39 is 36.6 Å². The van der Waals surface area contributed by atoms with Crippen LogP contribution in [0.25, 0.3) is 17.2 Å². The normalized spacial score (nSPS) is 16.0. The first kappa shape index (κ1) is 22.6. The zero-order valence-corrected chi connectivity index (χ0v) is 19.6. The highest BCUT2D eigenvalue weighted by molar-refractivity contribution is 9.10. The van der Waals surface area contributed by atoms with Crippen LogP contribution in [0.5, 0.6) is 0 Å². The summed E-state index contributed by atoms with van der Waals surface area (Å²) in [6.45, 7) is 0.0183. The molecule has 1 N–H and O–H groups in total. The monoisotopic (exact) mass is 550 g/mol. The first-order valence-corrected chi connectivity index (χ1v) is 13.5. The van der Waals surface area contributed by atoms with Gasteiger partial charge < -0.3 is 5.32 Å². The molecule has 4 rings (SSSR count). The summed E-state index contributed by atoms with van der Waals surface area (Å²) < 4.78 is 64.3. The van der Waals surface area contributed by atoms with Crippen molar-refractivity contribution in [1.82, 2.24) is 20.0 Å². The van der Waals surface area contributed by atoms with Crippen molar-refractivity contribution in [2.45, 2.75) is 18.1 Å². The smallest absolute Gasteiger partial charge is 0.364 e. The third-order valence-corrected chi connectivity index (χ3v) is 9.42. The van der Waals surface area contributed by atoms with Crippen LogP contribution in [0.2, 0.25) is 0 Å². The maximum atomic E-state index is 13.6. The number of aromatic nitrogens is 4. The van der Waals surface area contributed by atoms with E-state index in [1.165, 1.54) is 18.4 Å². The highest BCUT2D eigenvalue weighted by Crippen LogP contribution is 2.30. The maximum absolute atomic E-state index is 13.6. The van der Waals surface area contributed by atoms with Crippen molar-refractivity contribution in [1.29, 1.82) is 0 Å². The van der Waals surface area contributed by atoms with Gasteiger partial charge in [0.15, 0.2) is 5.69 Å². The molecule has 1 aliphatic rings. The van der Waals surface area contributed by atoms with Gasteiger partial charge in [0.1, 0.15) is 5.82 Å². The Morgan fingerprint density at radius 3 is 2.72 bits per heavy atom. The highest BCUT2D eigenvalue weighted by Gasteiger charge is 2.36. The third-order valence-electron chi connectivity index (χ3n) is 4.45. The van der Waals surface area contributed by atoms with Crippen LogP contribution in [0.15, 0.2) is 40.4 Å². The number of hydrogen-bond donors (Lipinski definition) is 1. The third kappa shape index (κ3) is 4.75. The quantitative estimate of drug-likeness (QED) is 0.437. The van der Waals surface area contributed by atoms with Gasteiger partial charge in [-0.15, -0.1) is 3.77 Å². The van der Waals surface area contributed by atoms with Crippen molar-refractivity contribution in [3.63, 3.8) is 0 Å². The molecule has 1 fully saturated rings. The molecule has 0 radical (unpaired) electrons. The van der Waals surface area contributed by atoms with E-state index in [2.05, 4.69) is 40.5 Å². The molecule has 16 heteroatoms. The molecule has 1 unspecified atom stereocenters. The number of benzene rings is 1. The van der Waals surface area contributed by atoms with Gasteiger partial charge in [-0.1, -0.05) is 5.16 Å². The van der Waals surface area contributed by atoms with E-state index in [9.17, 15) is 21.8 Å². The summed E-state index contributed by atoms with van der Waals surface area (Å²) in [7, 11) is -6.75. The van der Waals surface area contributed by atoms with Gasteiger partial charge in [-0.25, -0.2) is 31.0 Å². The van der Waals surface area contributed by atoms with Crippen LogP contribution in [-0.2, 0) is 19.8 Å². The van der Waals surface area contributed by atoms with Crippen LogP contribution in [0.3, 0.4) is 0 Å². The summed E-state index contributed by atoms with van der Waals surface area (Å²) in [5, 5.41) is 13.4.